The summed E-state index contributed by atoms with van der Waals surface area (Å²) in [5.41, 5.74) is 1.08. The lowest BCUT2D eigenvalue weighted by molar-refractivity contribution is 0.0696. The highest BCUT2D eigenvalue weighted by Gasteiger charge is 2.10. The zero-order valence-electron chi connectivity index (χ0n) is 10.4. The summed E-state index contributed by atoms with van der Waals surface area (Å²) in [6.45, 7) is 2.35. The van der Waals surface area contributed by atoms with Crippen molar-refractivity contribution in [1.82, 2.24) is 5.32 Å². The van der Waals surface area contributed by atoms with Gasteiger partial charge >= 0.3 is 5.97 Å². The van der Waals surface area contributed by atoms with Gasteiger partial charge in [0.1, 0.15) is 17.8 Å². The first-order valence-corrected chi connectivity index (χ1v) is 5.86. The number of hydrogen-bond acceptors (Lipinski definition) is 3. The largest absolute Gasteiger partial charge is 0.478 e. The minimum Gasteiger partial charge on any atom is -0.478 e. The minimum atomic E-state index is -1.01. The van der Waals surface area contributed by atoms with Crippen LogP contribution in [0.4, 0.5) is 4.39 Å². The zero-order valence-corrected chi connectivity index (χ0v) is 10.4. The Hall–Kier alpha value is -2.14. The van der Waals surface area contributed by atoms with Gasteiger partial charge in [-0.05, 0) is 30.7 Å². The van der Waals surface area contributed by atoms with Crippen molar-refractivity contribution in [2.45, 2.75) is 19.5 Å². The second-order valence-electron chi connectivity index (χ2n) is 4.26. The maximum absolute atomic E-state index is 12.8. The summed E-state index contributed by atoms with van der Waals surface area (Å²) in [6.07, 6.45) is 1.21. The van der Waals surface area contributed by atoms with E-state index in [-0.39, 0.29) is 17.4 Å². The van der Waals surface area contributed by atoms with Gasteiger partial charge < -0.3 is 14.8 Å². The molecule has 4 nitrogen and oxygen atoms in total. The Bertz CT molecular complexity index is 562. The second-order valence-corrected chi connectivity index (χ2v) is 4.26. The third kappa shape index (κ3) is 3.42. The molecule has 2 N–H and O–H groups in total. The van der Waals surface area contributed by atoms with E-state index < -0.39 is 5.97 Å². The fourth-order valence-electron chi connectivity index (χ4n) is 1.71. The summed E-state index contributed by atoms with van der Waals surface area (Å²) >= 11 is 0. The van der Waals surface area contributed by atoms with Gasteiger partial charge in [-0.25, -0.2) is 9.18 Å². The van der Waals surface area contributed by atoms with Crippen LogP contribution in [0, 0.1) is 5.82 Å². The van der Waals surface area contributed by atoms with Crippen LogP contribution in [0.3, 0.4) is 0 Å². The highest BCUT2D eigenvalue weighted by Crippen LogP contribution is 2.14. The zero-order chi connectivity index (χ0) is 13.8. The van der Waals surface area contributed by atoms with E-state index in [0.717, 1.165) is 5.56 Å². The van der Waals surface area contributed by atoms with Gasteiger partial charge in [-0.3, -0.25) is 0 Å². The van der Waals surface area contributed by atoms with Gasteiger partial charge in [0, 0.05) is 6.04 Å². The molecule has 0 aliphatic rings. The van der Waals surface area contributed by atoms with Gasteiger partial charge in [-0.1, -0.05) is 12.1 Å². The smallest absolute Gasteiger partial charge is 0.338 e. The Morgan fingerprint density at radius 2 is 2.11 bits per heavy atom. The molecule has 19 heavy (non-hydrogen) atoms. The molecule has 0 unspecified atom stereocenters. The predicted octanol–water partition coefficient (Wildman–Crippen LogP) is 2.97. The van der Waals surface area contributed by atoms with E-state index in [0.29, 0.717) is 12.3 Å². The number of carboxylic acids is 1. The number of carboxylic acid groups (broad SMARTS) is 1. The van der Waals surface area contributed by atoms with E-state index in [1.165, 1.54) is 24.5 Å². The first kappa shape index (κ1) is 13.3. The van der Waals surface area contributed by atoms with E-state index in [4.69, 9.17) is 9.52 Å². The molecule has 0 bridgehead atoms. The van der Waals surface area contributed by atoms with Crippen LogP contribution in [0.1, 0.15) is 34.6 Å². The van der Waals surface area contributed by atoms with E-state index >= 15 is 0 Å². The standard InChI is InChI=1S/C14H14FNO3/c1-9(10-2-4-12(15)5-3-10)16-7-13-6-11(8-19-13)14(17)18/h2-6,8-9,16H,7H2,1H3,(H,17,18)/t9-/m0/s1. The van der Waals surface area contributed by atoms with Crippen LogP contribution in [0.2, 0.25) is 0 Å². The summed E-state index contributed by atoms with van der Waals surface area (Å²) in [5, 5.41) is 11.9. The predicted molar refractivity (Wildman–Crippen MR) is 67.3 cm³/mol. The minimum absolute atomic E-state index is 0.0129. The molecular weight excluding hydrogens is 249 g/mol. The molecule has 0 amide bonds. The fraction of sp³-hybridized carbons (Fsp3) is 0.214. The van der Waals surface area contributed by atoms with E-state index in [1.807, 2.05) is 6.92 Å². The van der Waals surface area contributed by atoms with Crippen LogP contribution >= 0.6 is 0 Å². The third-order valence-corrected chi connectivity index (χ3v) is 2.85. The Kier molecular flexibility index (Phi) is 3.97. The Balaban J connectivity index is 1.94. The molecule has 100 valence electrons. The van der Waals surface area contributed by atoms with Crippen molar-refractivity contribution in [2.75, 3.05) is 0 Å². The van der Waals surface area contributed by atoms with Crippen LogP contribution < -0.4 is 5.32 Å². The molecule has 2 rings (SSSR count). The molecule has 0 fully saturated rings. The lowest BCUT2D eigenvalue weighted by Crippen LogP contribution is -2.17. The summed E-state index contributed by atoms with van der Waals surface area (Å²) in [7, 11) is 0. The van der Waals surface area contributed by atoms with Gasteiger partial charge in [-0.15, -0.1) is 0 Å². The van der Waals surface area contributed by atoms with Crippen molar-refractivity contribution in [2.24, 2.45) is 0 Å². The lowest BCUT2D eigenvalue weighted by Gasteiger charge is -2.13. The molecule has 1 aromatic heterocycles. The number of nitrogens with one attached hydrogen (secondary N) is 1. The maximum Gasteiger partial charge on any atom is 0.338 e. The molecule has 0 aliphatic heterocycles. The highest BCUT2D eigenvalue weighted by atomic mass is 19.1. The maximum atomic E-state index is 12.8. The monoisotopic (exact) mass is 263 g/mol. The number of benzene rings is 1. The second kappa shape index (κ2) is 5.67. The van der Waals surface area contributed by atoms with Gasteiger partial charge in [0.2, 0.25) is 0 Å². The third-order valence-electron chi connectivity index (χ3n) is 2.85. The Morgan fingerprint density at radius 1 is 1.42 bits per heavy atom. The topological polar surface area (TPSA) is 62.5 Å². The molecule has 2 aromatic rings. The van der Waals surface area contributed by atoms with Gasteiger partial charge in [-0.2, -0.15) is 0 Å². The van der Waals surface area contributed by atoms with Gasteiger partial charge in [0.25, 0.3) is 0 Å². The molecule has 1 heterocycles. The number of aromatic carboxylic acids is 1. The molecule has 0 saturated heterocycles. The first-order valence-electron chi connectivity index (χ1n) is 5.86. The van der Waals surface area contributed by atoms with Crippen LogP contribution in [-0.4, -0.2) is 11.1 Å². The number of halogens is 1. The Labute approximate surface area is 109 Å². The van der Waals surface area contributed by atoms with Crippen molar-refractivity contribution in [3.8, 4) is 0 Å². The summed E-state index contributed by atoms with van der Waals surface area (Å²) < 4.78 is 17.9. The summed E-state index contributed by atoms with van der Waals surface area (Å²) in [6, 6.07) is 7.72. The van der Waals surface area contributed by atoms with Crippen molar-refractivity contribution >= 4 is 5.97 Å². The van der Waals surface area contributed by atoms with Gasteiger partial charge in [0.15, 0.2) is 0 Å². The quantitative estimate of drug-likeness (QED) is 0.870. The number of hydrogen-bond donors (Lipinski definition) is 2. The van der Waals surface area contributed by atoms with Crippen molar-refractivity contribution in [3.63, 3.8) is 0 Å². The van der Waals surface area contributed by atoms with Crippen LogP contribution in [0.15, 0.2) is 41.0 Å². The first-order chi connectivity index (χ1) is 9.06. The molecule has 5 heteroatoms. The van der Waals surface area contributed by atoms with Crippen LogP contribution in [0.5, 0.6) is 0 Å². The SMILES string of the molecule is C[C@H](NCc1cc(C(=O)O)co1)c1ccc(F)cc1. The number of rotatable bonds is 5. The van der Waals surface area contributed by atoms with Crippen molar-refractivity contribution in [3.05, 3.63) is 59.3 Å². The summed E-state index contributed by atoms with van der Waals surface area (Å²) in [4.78, 5) is 10.7. The fourth-order valence-corrected chi connectivity index (χ4v) is 1.71. The normalized spacial score (nSPS) is 12.3. The molecule has 0 aliphatic carbocycles. The van der Waals surface area contributed by atoms with E-state index in [9.17, 15) is 9.18 Å². The molecule has 1 atom stereocenters. The van der Waals surface area contributed by atoms with E-state index in [1.54, 1.807) is 12.1 Å². The molecule has 1 aromatic carbocycles. The Morgan fingerprint density at radius 3 is 2.68 bits per heavy atom. The number of furan rings is 1. The molecular formula is C14H14FNO3. The number of carbonyl (C=O) groups is 1. The van der Waals surface area contributed by atoms with Crippen molar-refractivity contribution < 1.29 is 18.7 Å². The van der Waals surface area contributed by atoms with E-state index in [2.05, 4.69) is 5.32 Å². The van der Waals surface area contributed by atoms with Crippen LogP contribution in [-0.2, 0) is 6.54 Å². The average molecular weight is 263 g/mol. The van der Waals surface area contributed by atoms with Crippen molar-refractivity contribution in [1.29, 1.82) is 0 Å². The van der Waals surface area contributed by atoms with Crippen LogP contribution in [0.25, 0.3) is 0 Å². The molecule has 0 saturated carbocycles. The highest BCUT2D eigenvalue weighted by molar-refractivity contribution is 5.87. The van der Waals surface area contributed by atoms with Gasteiger partial charge in [0.05, 0.1) is 12.1 Å². The average Bonchev–Trinajstić information content (AvgIpc) is 2.86. The molecule has 0 radical (unpaired) electrons. The molecule has 0 spiro atoms. The lowest BCUT2D eigenvalue weighted by atomic mass is 10.1. The summed E-state index contributed by atoms with van der Waals surface area (Å²) in [5.74, 6) is -0.735.